The summed E-state index contributed by atoms with van der Waals surface area (Å²) >= 11 is 1.41. The molecular formula is C26H23FN2O2S. The second-order valence-corrected chi connectivity index (χ2v) is 8.55. The summed E-state index contributed by atoms with van der Waals surface area (Å²) in [7, 11) is 0. The number of nitrogens with one attached hydrogen (secondary N) is 1. The first-order valence-corrected chi connectivity index (χ1v) is 11.3. The lowest BCUT2D eigenvalue weighted by atomic mass is 10.1. The number of aryl methyl sites for hydroxylation is 1. The highest BCUT2D eigenvalue weighted by Gasteiger charge is 2.30. The fourth-order valence-electron chi connectivity index (χ4n) is 3.42. The molecule has 0 saturated heterocycles. The average molecular weight is 447 g/mol. The van der Waals surface area contributed by atoms with Crippen molar-refractivity contribution in [2.24, 2.45) is 0 Å². The van der Waals surface area contributed by atoms with E-state index in [-0.39, 0.29) is 30.7 Å². The van der Waals surface area contributed by atoms with E-state index >= 15 is 0 Å². The van der Waals surface area contributed by atoms with E-state index in [0.29, 0.717) is 4.91 Å². The van der Waals surface area contributed by atoms with Crippen LogP contribution >= 0.6 is 11.8 Å². The maximum absolute atomic E-state index is 13.3. The molecule has 1 aliphatic rings. The lowest BCUT2D eigenvalue weighted by molar-refractivity contribution is -0.122. The van der Waals surface area contributed by atoms with Gasteiger partial charge in [-0.2, -0.15) is 0 Å². The molecule has 1 aliphatic heterocycles. The zero-order valence-corrected chi connectivity index (χ0v) is 18.5. The Hall–Kier alpha value is -3.38. The summed E-state index contributed by atoms with van der Waals surface area (Å²) in [6.45, 7) is 2.28. The van der Waals surface area contributed by atoms with Gasteiger partial charge in [-0.1, -0.05) is 67.2 Å². The second kappa shape index (κ2) is 9.83. The van der Waals surface area contributed by atoms with Crippen LogP contribution in [0.4, 0.5) is 10.1 Å². The van der Waals surface area contributed by atoms with Crippen LogP contribution in [0.3, 0.4) is 0 Å². The fourth-order valence-corrected chi connectivity index (χ4v) is 4.48. The minimum Gasteiger partial charge on any atom is -0.350 e. The van der Waals surface area contributed by atoms with Gasteiger partial charge < -0.3 is 5.32 Å². The largest absolute Gasteiger partial charge is 0.350 e. The maximum atomic E-state index is 13.3. The molecule has 3 aromatic rings. The van der Waals surface area contributed by atoms with Crippen LogP contribution in [0.1, 0.15) is 23.6 Å². The van der Waals surface area contributed by atoms with Crippen molar-refractivity contribution in [1.29, 1.82) is 0 Å². The molecule has 4 nitrogen and oxygen atoms in total. The maximum Gasteiger partial charge on any atom is 0.265 e. The van der Waals surface area contributed by atoms with E-state index in [1.807, 2.05) is 42.5 Å². The molecule has 162 valence electrons. The molecule has 0 radical (unpaired) electrons. The molecule has 0 spiro atoms. The van der Waals surface area contributed by atoms with E-state index in [1.54, 1.807) is 12.1 Å². The number of fused-ring (bicyclic) bond motifs is 1. The van der Waals surface area contributed by atoms with Crippen LogP contribution in [-0.2, 0) is 22.6 Å². The predicted molar refractivity (Wildman–Crippen MR) is 127 cm³/mol. The number of para-hydroxylation sites is 1. The third-order valence-corrected chi connectivity index (χ3v) is 6.30. The number of carbonyl (C=O) groups excluding carboxylic acids is 2. The molecule has 1 heterocycles. The molecule has 0 saturated carbocycles. The van der Waals surface area contributed by atoms with Gasteiger partial charge in [-0.15, -0.1) is 0 Å². The summed E-state index contributed by atoms with van der Waals surface area (Å²) in [5, 5.41) is 2.81. The molecule has 0 atom stereocenters. The standard InChI is InChI=1S/C26H23FN2O2S/c1-2-18-7-9-19(10-8-18)15-24-26(31)29(22-5-3-4-6-23(22)32-24)17-25(30)28-16-20-11-13-21(27)14-12-20/h3-15H,2,16-17H2,1H3,(H,28,30)/b24-15-. The average Bonchev–Trinajstić information content (AvgIpc) is 2.82. The Bertz CT molecular complexity index is 1160. The number of halogens is 1. The third kappa shape index (κ3) is 5.08. The smallest absolute Gasteiger partial charge is 0.265 e. The van der Waals surface area contributed by atoms with E-state index in [0.717, 1.165) is 28.1 Å². The van der Waals surface area contributed by atoms with Gasteiger partial charge in [-0.05, 0) is 53.5 Å². The summed E-state index contributed by atoms with van der Waals surface area (Å²) in [6, 6.07) is 21.6. The van der Waals surface area contributed by atoms with Crippen molar-refractivity contribution in [1.82, 2.24) is 5.32 Å². The molecule has 0 bridgehead atoms. The zero-order valence-electron chi connectivity index (χ0n) is 17.7. The van der Waals surface area contributed by atoms with Crippen molar-refractivity contribution in [3.8, 4) is 0 Å². The Balaban J connectivity index is 1.53. The van der Waals surface area contributed by atoms with Crippen molar-refractivity contribution in [2.45, 2.75) is 24.8 Å². The lowest BCUT2D eigenvalue weighted by Gasteiger charge is -2.29. The van der Waals surface area contributed by atoms with Gasteiger partial charge in [0.25, 0.3) is 5.91 Å². The number of rotatable bonds is 6. The van der Waals surface area contributed by atoms with Gasteiger partial charge in [-0.25, -0.2) is 4.39 Å². The van der Waals surface area contributed by atoms with Gasteiger partial charge >= 0.3 is 0 Å². The van der Waals surface area contributed by atoms with Crippen LogP contribution in [0, 0.1) is 5.82 Å². The molecule has 3 aromatic carbocycles. The van der Waals surface area contributed by atoms with Crippen LogP contribution in [0.2, 0.25) is 0 Å². The van der Waals surface area contributed by atoms with Crippen molar-refractivity contribution < 1.29 is 14.0 Å². The van der Waals surface area contributed by atoms with Gasteiger partial charge in [0, 0.05) is 11.4 Å². The molecule has 0 fully saturated rings. The summed E-state index contributed by atoms with van der Waals surface area (Å²) in [5.74, 6) is -0.807. The zero-order chi connectivity index (χ0) is 22.5. The van der Waals surface area contributed by atoms with E-state index in [9.17, 15) is 14.0 Å². The lowest BCUT2D eigenvalue weighted by Crippen LogP contribution is -2.42. The molecule has 0 unspecified atom stereocenters. The minimum atomic E-state index is -0.322. The molecule has 6 heteroatoms. The van der Waals surface area contributed by atoms with Crippen molar-refractivity contribution >= 4 is 35.3 Å². The highest BCUT2D eigenvalue weighted by atomic mass is 32.2. The molecule has 1 N–H and O–H groups in total. The number of hydrogen-bond acceptors (Lipinski definition) is 3. The number of amides is 2. The quantitative estimate of drug-likeness (QED) is 0.531. The Labute approximate surface area is 191 Å². The van der Waals surface area contributed by atoms with Crippen molar-refractivity contribution in [2.75, 3.05) is 11.4 Å². The molecule has 2 amide bonds. The first-order chi connectivity index (χ1) is 15.5. The van der Waals surface area contributed by atoms with E-state index in [1.165, 1.54) is 34.4 Å². The van der Waals surface area contributed by atoms with Crippen molar-refractivity contribution in [3.05, 3.63) is 100 Å². The van der Waals surface area contributed by atoms with Gasteiger partial charge in [0.2, 0.25) is 5.91 Å². The first kappa shape index (κ1) is 21.8. The van der Waals surface area contributed by atoms with Crippen LogP contribution in [0.5, 0.6) is 0 Å². The summed E-state index contributed by atoms with van der Waals surface area (Å²) in [6.07, 6.45) is 2.82. The van der Waals surface area contributed by atoms with E-state index < -0.39 is 0 Å². The summed E-state index contributed by atoms with van der Waals surface area (Å²) < 4.78 is 13.1. The normalized spacial score (nSPS) is 14.4. The summed E-state index contributed by atoms with van der Waals surface area (Å²) in [5.41, 5.74) is 3.69. The summed E-state index contributed by atoms with van der Waals surface area (Å²) in [4.78, 5) is 28.9. The van der Waals surface area contributed by atoms with Gasteiger partial charge in [0.15, 0.2) is 0 Å². The second-order valence-electron chi connectivity index (χ2n) is 7.47. The minimum absolute atomic E-state index is 0.0935. The Morgan fingerprint density at radius 2 is 1.69 bits per heavy atom. The number of thioether (sulfide) groups is 1. The van der Waals surface area contributed by atoms with Crippen LogP contribution in [0.15, 0.2) is 82.6 Å². The van der Waals surface area contributed by atoms with Crippen molar-refractivity contribution in [3.63, 3.8) is 0 Å². The number of nitrogens with zero attached hydrogens (tertiary/aromatic N) is 1. The highest BCUT2D eigenvalue weighted by Crippen LogP contribution is 2.41. The van der Waals surface area contributed by atoms with E-state index in [2.05, 4.69) is 24.4 Å². The van der Waals surface area contributed by atoms with Crippen LogP contribution in [0.25, 0.3) is 6.08 Å². The predicted octanol–water partition coefficient (Wildman–Crippen LogP) is 5.18. The molecule has 0 aliphatic carbocycles. The molecule has 0 aromatic heterocycles. The SMILES string of the molecule is CCc1ccc(/C=C2\Sc3ccccc3N(CC(=O)NCc3ccc(F)cc3)C2=O)cc1. The monoisotopic (exact) mass is 446 g/mol. The Morgan fingerprint density at radius 1 is 1.00 bits per heavy atom. The fraction of sp³-hybridized carbons (Fsp3) is 0.154. The van der Waals surface area contributed by atoms with Gasteiger partial charge in [0.05, 0.1) is 10.6 Å². The number of benzene rings is 3. The third-order valence-electron chi connectivity index (χ3n) is 5.22. The first-order valence-electron chi connectivity index (χ1n) is 10.4. The van der Waals surface area contributed by atoms with Crippen LogP contribution in [-0.4, -0.2) is 18.4 Å². The molecular weight excluding hydrogens is 423 g/mol. The topological polar surface area (TPSA) is 49.4 Å². The highest BCUT2D eigenvalue weighted by molar-refractivity contribution is 8.04. The van der Waals surface area contributed by atoms with Crippen LogP contribution < -0.4 is 10.2 Å². The van der Waals surface area contributed by atoms with Gasteiger partial charge in [0.1, 0.15) is 12.4 Å². The van der Waals surface area contributed by atoms with E-state index in [4.69, 9.17) is 0 Å². The number of carbonyl (C=O) groups is 2. The molecule has 32 heavy (non-hydrogen) atoms. The van der Waals surface area contributed by atoms with Gasteiger partial charge in [-0.3, -0.25) is 14.5 Å². The molecule has 4 rings (SSSR count). The Kier molecular flexibility index (Phi) is 6.71. The number of hydrogen-bond donors (Lipinski definition) is 1. The Morgan fingerprint density at radius 3 is 2.41 bits per heavy atom. The number of anilines is 1.